The molecule has 0 bridgehead atoms. The van der Waals surface area contributed by atoms with Gasteiger partial charge in [-0.15, -0.1) is 11.3 Å². The van der Waals surface area contributed by atoms with Gasteiger partial charge < -0.3 is 9.88 Å². The predicted octanol–water partition coefficient (Wildman–Crippen LogP) is 3.06. The van der Waals surface area contributed by atoms with Crippen molar-refractivity contribution in [2.45, 2.75) is 0 Å². The Morgan fingerprint density at radius 3 is 2.62 bits per heavy atom. The lowest BCUT2D eigenvalue weighted by atomic mass is 10.2. The van der Waals surface area contributed by atoms with Crippen LogP contribution in [0.2, 0.25) is 0 Å². The van der Waals surface area contributed by atoms with Crippen LogP contribution in [0, 0.1) is 11.3 Å². The van der Waals surface area contributed by atoms with Crippen molar-refractivity contribution in [3.05, 3.63) is 65.4 Å². The first-order valence-corrected chi connectivity index (χ1v) is 7.04. The van der Waals surface area contributed by atoms with E-state index in [0.717, 1.165) is 5.13 Å². The van der Waals surface area contributed by atoms with Crippen molar-refractivity contribution in [3.63, 3.8) is 0 Å². The molecule has 102 valence electrons. The Kier molecular flexibility index (Phi) is 3.50. The van der Waals surface area contributed by atoms with Gasteiger partial charge in [-0.3, -0.25) is 4.79 Å². The fourth-order valence-corrected chi connectivity index (χ4v) is 2.54. The van der Waals surface area contributed by atoms with Crippen molar-refractivity contribution in [2.24, 2.45) is 0 Å². The molecule has 0 fully saturated rings. The van der Waals surface area contributed by atoms with Crippen LogP contribution in [0.4, 0.5) is 5.69 Å². The molecule has 1 amide bonds. The monoisotopic (exact) mass is 294 g/mol. The molecule has 0 aliphatic heterocycles. The Bertz CT molecular complexity index is 797. The number of nitrogens with one attached hydrogen (secondary N) is 1. The number of carbonyl (C=O) groups excluding carboxylic acids is 1. The van der Waals surface area contributed by atoms with E-state index in [0.29, 0.717) is 16.9 Å². The van der Waals surface area contributed by atoms with Crippen molar-refractivity contribution in [1.82, 2.24) is 9.55 Å². The van der Waals surface area contributed by atoms with Crippen molar-refractivity contribution < 1.29 is 4.79 Å². The van der Waals surface area contributed by atoms with Gasteiger partial charge in [0, 0.05) is 23.5 Å². The zero-order chi connectivity index (χ0) is 14.7. The molecule has 0 saturated carbocycles. The highest BCUT2D eigenvalue weighted by Crippen LogP contribution is 2.16. The highest BCUT2D eigenvalue weighted by atomic mass is 32.1. The summed E-state index contributed by atoms with van der Waals surface area (Å²) < 4.78 is 1.85. The predicted molar refractivity (Wildman–Crippen MR) is 80.6 cm³/mol. The quantitative estimate of drug-likeness (QED) is 0.807. The molecule has 1 aromatic carbocycles. The van der Waals surface area contributed by atoms with Crippen molar-refractivity contribution in [3.8, 4) is 11.2 Å². The number of nitriles is 1. The number of hydrogen-bond acceptors (Lipinski definition) is 4. The molecule has 0 spiro atoms. The van der Waals surface area contributed by atoms with Crippen LogP contribution in [-0.4, -0.2) is 15.5 Å². The molecular weight excluding hydrogens is 284 g/mol. The third kappa shape index (κ3) is 2.83. The zero-order valence-corrected chi connectivity index (χ0v) is 11.7. The molecule has 3 aromatic rings. The summed E-state index contributed by atoms with van der Waals surface area (Å²) in [4.78, 5) is 16.4. The molecule has 3 rings (SSSR count). The maximum Gasteiger partial charge on any atom is 0.275 e. The zero-order valence-electron chi connectivity index (χ0n) is 10.9. The molecule has 0 radical (unpaired) electrons. The van der Waals surface area contributed by atoms with Crippen molar-refractivity contribution in [2.75, 3.05) is 5.32 Å². The number of benzene rings is 1. The fraction of sp³-hybridized carbons (Fsp3) is 0. The van der Waals surface area contributed by atoms with Crippen LogP contribution in [0.3, 0.4) is 0 Å². The summed E-state index contributed by atoms with van der Waals surface area (Å²) in [6.45, 7) is 0. The molecule has 0 atom stereocenters. The number of carbonyl (C=O) groups is 1. The van der Waals surface area contributed by atoms with Gasteiger partial charge in [-0.1, -0.05) is 0 Å². The van der Waals surface area contributed by atoms with E-state index in [-0.39, 0.29) is 5.91 Å². The fourth-order valence-electron chi connectivity index (χ4n) is 1.77. The summed E-state index contributed by atoms with van der Waals surface area (Å²) in [6, 6.07) is 12.5. The van der Waals surface area contributed by atoms with Gasteiger partial charge in [-0.2, -0.15) is 5.26 Å². The summed E-state index contributed by atoms with van der Waals surface area (Å²) in [6.07, 6.45) is 3.75. The summed E-state index contributed by atoms with van der Waals surface area (Å²) in [5.41, 5.74) is 1.55. The Labute approximate surface area is 125 Å². The average Bonchev–Trinajstić information content (AvgIpc) is 3.19. The van der Waals surface area contributed by atoms with E-state index >= 15 is 0 Å². The van der Waals surface area contributed by atoms with Gasteiger partial charge in [0.25, 0.3) is 5.91 Å². The molecule has 5 nitrogen and oxygen atoms in total. The van der Waals surface area contributed by atoms with Crippen LogP contribution in [-0.2, 0) is 0 Å². The van der Waals surface area contributed by atoms with Crippen molar-refractivity contribution in [1.29, 1.82) is 5.26 Å². The maximum atomic E-state index is 12.1. The molecule has 2 aromatic heterocycles. The molecule has 0 aliphatic carbocycles. The Balaban J connectivity index is 1.75. The summed E-state index contributed by atoms with van der Waals surface area (Å²) in [5, 5.41) is 13.9. The minimum Gasteiger partial charge on any atom is -0.321 e. The topological polar surface area (TPSA) is 70.7 Å². The second-order valence-electron chi connectivity index (χ2n) is 4.25. The number of anilines is 1. The van der Waals surface area contributed by atoms with Gasteiger partial charge in [-0.05, 0) is 36.4 Å². The third-order valence-corrected chi connectivity index (χ3v) is 3.68. The van der Waals surface area contributed by atoms with E-state index in [2.05, 4.69) is 10.3 Å². The highest BCUT2D eigenvalue weighted by Gasteiger charge is 2.11. The maximum absolute atomic E-state index is 12.1. The van der Waals surface area contributed by atoms with Gasteiger partial charge in [0.2, 0.25) is 0 Å². The molecule has 2 heterocycles. The van der Waals surface area contributed by atoms with Crippen LogP contribution in [0.5, 0.6) is 0 Å². The number of aromatic nitrogens is 2. The molecule has 0 aliphatic rings. The molecule has 6 heteroatoms. The normalized spacial score (nSPS) is 10.0. The lowest BCUT2D eigenvalue weighted by molar-refractivity contribution is 0.102. The number of amides is 1. The van der Waals surface area contributed by atoms with Gasteiger partial charge in [0.05, 0.1) is 11.6 Å². The molecule has 0 unspecified atom stereocenters. The lowest BCUT2D eigenvalue weighted by Gasteiger charge is -2.02. The van der Waals surface area contributed by atoms with Crippen LogP contribution in [0.1, 0.15) is 16.1 Å². The van der Waals surface area contributed by atoms with E-state index in [1.54, 1.807) is 29.6 Å². The van der Waals surface area contributed by atoms with Crippen LogP contribution in [0.25, 0.3) is 5.13 Å². The first-order chi connectivity index (χ1) is 10.3. The van der Waals surface area contributed by atoms with Gasteiger partial charge in [-0.25, -0.2) is 4.98 Å². The van der Waals surface area contributed by atoms with Gasteiger partial charge in [0.1, 0.15) is 5.69 Å². The van der Waals surface area contributed by atoms with E-state index < -0.39 is 0 Å². The number of nitrogens with zero attached hydrogens (tertiary/aromatic N) is 3. The first kappa shape index (κ1) is 13.1. The van der Waals surface area contributed by atoms with Gasteiger partial charge >= 0.3 is 0 Å². The summed E-state index contributed by atoms with van der Waals surface area (Å²) >= 11 is 1.40. The SMILES string of the molecule is N#Cc1ccc(NC(=O)c2csc(-n3cccc3)n2)cc1. The average molecular weight is 294 g/mol. The van der Waals surface area contributed by atoms with Crippen molar-refractivity contribution >= 4 is 22.9 Å². The molecule has 21 heavy (non-hydrogen) atoms. The van der Waals surface area contributed by atoms with Crippen LogP contribution < -0.4 is 5.32 Å². The molecule has 1 N–H and O–H groups in total. The molecule has 0 saturated heterocycles. The summed E-state index contributed by atoms with van der Waals surface area (Å²) in [5.74, 6) is -0.269. The number of rotatable bonds is 3. The van der Waals surface area contributed by atoms with Gasteiger partial charge in [0.15, 0.2) is 5.13 Å². The highest BCUT2D eigenvalue weighted by molar-refractivity contribution is 7.12. The second-order valence-corrected chi connectivity index (χ2v) is 5.09. The minimum atomic E-state index is -0.269. The summed E-state index contributed by atoms with van der Waals surface area (Å²) in [7, 11) is 0. The minimum absolute atomic E-state index is 0.269. The smallest absolute Gasteiger partial charge is 0.275 e. The Morgan fingerprint density at radius 1 is 1.24 bits per heavy atom. The first-order valence-electron chi connectivity index (χ1n) is 6.16. The molecular formula is C15H10N4OS. The van der Waals surface area contributed by atoms with E-state index in [1.165, 1.54) is 11.3 Å². The lowest BCUT2D eigenvalue weighted by Crippen LogP contribution is -2.12. The number of hydrogen-bond donors (Lipinski definition) is 1. The third-order valence-electron chi connectivity index (χ3n) is 2.82. The van der Waals surface area contributed by atoms with Crippen LogP contribution >= 0.6 is 11.3 Å². The van der Waals surface area contributed by atoms with Crippen LogP contribution in [0.15, 0.2) is 54.2 Å². The number of thiazole rings is 1. The van der Waals surface area contributed by atoms with E-state index in [4.69, 9.17) is 5.26 Å². The Morgan fingerprint density at radius 2 is 1.95 bits per heavy atom. The van der Waals surface area contributed by atoms with E-state index in [1.807, 2.05) is 35.2 Å². The Hall–Kier alpha value is -2.91. The van der Waals surface area contributed by atoms with E-state index in [9.17, 15) is 4.79 Å². The second kappa shape index (κ2) is 5.61. The largest absolute Gasteiger partial charge is 0.321 e. The standard InChI is InChI=1S/C15H10N4OS/c16-9-11-3-5-12(6-4-11)17-14(20)13-10-21-15(18-13)19-7-1-2-8-19/h1-8,10H,(H,17,20).